The molecule has 1 aliphatic heterocycles. The van der Waals surface area contributed by atoms with Crippen molar-refractivity contribution in [2.75, 3.05) is 33.2 Å². The molecule has 1 saturated heterocycles. The van der Waals surface area contributed by atoms with E-state index in [-0.39, 0.29) is 24.0 Å². The van der Waals surface area contributed by atoms with E-state index in [0.29, 0.717) is 6.54 Å². The first-order valence-electron chi connectivity index (χ1n) is 8.93. The minimum absolute atomic E-state index is 0. The second-order valence-corrected chi connectivity index (χ2v) is 7.16. The SMILES string of the molecule is CN=C(NCCCN1CCCCCC1)NCc1cn2ccsc2n1.I. The highest BCUT2D eigenvalue weighted by Crippen LogP contribution is 2.11. The molecule has 140 valence electrons. The van der Waals surface area contributed by atoms with Crippen LogP contribution in [0.2, 0.25) is 0 Å². The molecule has 0 aliphatic carbocycles. The second kappa shape index (κ2) is 11.0. The molecule has 0 bridgehead atoms. The van der Waals surface area contributed by atoms with Gasteiger partial charge in [-0.05, 0) is 38.9 Å². The van der Waals surface area contributed by atoms with Gasteiger partial charge in [0.1, 0.15) is 0 Å². The highest BCUT2D eigenvalue weighted by molar-refractivity contribution is 14.0. The fourth-order valence-electron chi connectivity index (χ4n) is 3.13. The first kappa shape index (κ1) is 20.4. The van der Waals surface area contributed by atoms with E-state index in [2.05, 4.69) is 36.1 Å². The van der Waals surface area contributed by atoms with Crippen LogP contribution in [0.25, 0.3) is 4.96 Å². The molecule has 0 aromatic carbocycles. The zero-order valence-electron chi connectivity index (χ0n) is 14.9. The van der Waals surface area contributed by atoms with Crippen LogP contribution in [0.4, 0.5) is 0 Å². The van der Waals surface area contributed by atoms with Crippen molar-refractivity contribution >= 4 is 46.2 Å². The summed E-state index contributed by atoms with van der Waals surface area (Å²) in [5, 5.41) is 8.79. The van der Waals surface area contributed by atoms with E-state index in [1.165, 1.54) is 45.3 Å². The summed E-state index contributed by atoms with van der Waals surface area (Å²) in [6, 6.07) is 0. The summed E-state index contributed by atoms with van der Waals surface area (Å²) in [7, 11) is 1.82. The van der Waals surface area contributed by atoms with Crippen LogP contribution in [-0.4, -0.2) is 53.5 Å². The molecule has 3 rings (SSSR count). The van der Waals surface area contributed by atoms with Gasteiger partial charge in [0.2, 0.25) is 0 Å². The standard InChI is InChI=1S/C17H28N6S.HI/c1-18-16(19-7-6-10-22-8-4-2-3-5-9-22)20-13-15-14-23-11-12-24-17(23)21-15;/h11-12,14H,2-10,13H2,1H3,(H2,18,19,20);1H. The van der Waals surface area contributed by atoms with Gasteiger partial charge >= 0.3 is 0 Å². The van der Waals surface area contributed by atoms with Crippen molar-refractivity contribution in [2.45, 2.75) is 38.6 Å². The van der Waals surface area contributed by atoms with Crippen LogP contribution in [0, 0.1) is 0 Å². The van der Waals surface area contributed by atoms with E-state index in [1.54, 1.807) is 11.3 Å². The van der Waals surface area contributed by atoms with E-state index in [1.807, 2.05) is 18.6 Å². The van der Waals surface area contributed by atoms with Crippen LogP contribution in [0.3, 0.4) is 0 Å². The van der Waals surface area contributed by atoms with Crippen LogP contribution < -0.4 is 10.6 Å². The lowest BCUT2D eigenvalue weighted by Crippen LogP contribution is -2.38. The molecular weight excluding hydrogens is 447 g/mol. The third-order valence-corrected chi connectivity index (χ3v) is 5.22. The minimum Gasteiger partial charge on any atom is -0.356 e. The number of imidazole rings is 1. The Morgan fingerprint density at radius 1 is 1.24 bits per heavy atom. The Morgan fingerprint density at radius 3 is 2.76 bits per heavy atom. The van der Waals surface area contributed by atoms with Crippen LogP contribution in [0.5, 0.6) is 0 Å². The summed E-state index contributed by atoms with van der Waals surface area (Å²) >= 11 is 1.65. The third-order valence-electron chi connectivity index (χ3n) is 4.45. The lowest BCUT2D eigenvalue weighted by atomic mass is 10.2. The highest BCUT2D eigenvalue weighted by Gasteiger charge is 2.08. The van der Waals surface area contributed by atoms with Gasteiger partial charge in [-0.1, -0.05) is 12.8 Å². The fourth-order valence-corrected chi connectivity index (χ4v) is 3.84. The topological polar surface area (TPSA) is 57.0 Å². The average Bonchev–Trinajstić information content (AvgIpc) is 3.08. The molecule has 2 aromatic rings. The van der Waals surface area contributed by atoms with E-state index < -0.39 is 0 Å². The van der Waals surface area contributed by atoms with Gasteiger partial charge in [0.15, 0.2) is 10.9 Å². The van der Waals surface area contributed by atoms with Crippen LogP contribution in [0.1, 0.15) is 37.8 Å². The Balaban J connectivity index is 0.00000225. The van der Waals surface area contributed by atoms with Gasteiger partial charge in [-0.25, -0.2) is 4.98 Å². The molecule has 0 unspecified atom stereocenters. The molecule has 6 nitrogen and oxygen atoms in total. The van der Waals surface area contributed by atoms with Crippen molar-refractivity contribution in [2.24, 2.45) is 4.99 Å². The van der Waals surface area contributed by atoms with Gasteiger partial charge in [0.05, 0.1) is 12.2 Å². The quantitative estimate of drug-likeness (QED) is 0.292. The van der Waals surface area contributed by atoms with Gasteiger partial charge in [-0.3, -0.25) is 9.39 Å². The molecular formula is C17H29IN6S. The normalized spacial score (nSPS) is 16.4. The van der Waals surface area contributed by atoms with Crippen LogP contribution >= 0.6 is 35.3 Å². The Bertz CT molecular complexity index is 616. The number of hydrogen-bond donors (Lipinski definition) is 2. The third kappa shape index (κ3) is 6.41. The molecule has 1 aliphatic rings. The molecule has 0 radical (unpaired) electrons. The molecule has 0 amide bonds. The predicted molar refractivity (Wildman–Crippen MR) is 116 cm³/mol. The number of guanidine groups is 1. The van der Waals surface area contributed by atoms with E-state index in [9.17, 15) is 0 Å². The summed E-state index contributed by atoms with van der Waals surface area (Å²) in [6.07, 6.45) is 10.8. The van der Waals surface area contributed by atoms with Gasteiger partial charge in [-0.2, -0.15) is 0 Å². The van der Waals surface area contributed by atoms with E-state index in [0.717, 1.165) is 29.6 Å². The lowest BCUT2D eigenvalue weighted by Gasteiger charge is -2.20. The number of thiazole rings is 1. The smallest absolute Gasteiger partial charge is 0.193 e. The Hall–Kier alpha value is -0.870. The second-order valence-electron chi connectivity index (χ2n) is 6.29. The Kier molecular flexibility index (Phi) is 8.97. The predicted octanol–water partition coefficient (Wildman–Crippen LogP) is 2.94. The minimum atomic E-state index is 0. The van der Waals surface area contributed by atoms with Gasteiger partial charge in [0.25, 0.3) is 0 Å². The number of halogens is 1. The maximum Gasteiger partial charge on any atom is 0.193 e. The van der Waals surface area contributed by atoms with Crippen molar-refractivity contribution in [1.82, 2.24) is 24.9 Å². The summed E-state index contributed by atoms with van der Waals surface area (Å²) in [5.41, 5.74) is 1.04. The highest BCUT2D eigenvalue weighted by atomic mass is 127. The van der Waals surface area contributed by atoms with Gasteiger partial charge in [-0.15, -0.1) is 35.3 Å². The number of aliphatic imine (C=N–C) groups is 1. The monoisotopic (exact) mass is 476 g/mol. The number of rotatable bonds is 6. The molecule has 2 aromatic heterocycles. The van der Waals surface area contributed by atoms with Crippen molar-refractivity contribution < 1.29 is 0 Å². The summed E-state index contributed by atoms with van der Waals surface area (Å²) in [5.74, 6) is 0.849. The number of fused-ring (bicyclic) bond motifs is 1. The number of aromatic nitrogens is 2. The average molecular weight is 476 g/mol. The molecule has 0 atom stereocenters. The van der Waals surface area contributed by atoms with Crippen molar-refractivity contribution in [3.05, 3.63) is 23.5 Å². The number of nitrogens with one attached hydrogen (secondary N) is 2. The van der Waals surface area contributed by atoms with E-state index >= 15 is 0 Å². The maximum atomic E-state index is 4.58. The zero-order chi connectivity index (χ0) is 16.6. The molecule has 0 saturated carbocycles. The van der Waals surface area contributed by atoms with Crippen molar-refractivity contribution in [3.8, 4) is 0 Å². The summed E-state index contributed by atoms with van der Waals surface area (Å²) in [6.45, 7) is 5.37. The van der Waals surface area contributed by atoms with E-state index in [4.69, 9.17) is 0 Å². The lowest BCUT2D eigenvalue weighted by molar-refractivity contribution is 0.282. The summed E-state index contributed by atoms with van der Waals surface area (Å²) in [4.78, 5) is 12.5. The molecule has 2 N–H and O–H groups in total. The van der Waals surface area contributed by atoms with Crippen LogP contribution in [-0.2, 0) is 6.54 Å². The molecule has 8 heteroatoms. The number of nitrogens with zero attached hydrogens (tertiary/aromatic N) is 4. The fraction of sp³-hybridized carbons (Fsp3) is 0.647. The zero-order valence-corrected chi connectivity index (χ0v) is 18.1. The Morgan fingerprint density at radius 2 is 2.04 bits per heavy atom. The Labute approximate surface area is 171 Å². The summed E-state index contributed by atoms with van der Waals surface area (Å²) < 4.78 is 2.05. The first-order chi connectivity index (χ1) is 11.8. The molecule has 25 heavy (non-hydrogen) atoms. The van der Waals surface area contributed by atoms with Crippen molar-refractivity contribution in [3.63, 3.8) is 0 Å². The van der Waals surface area contributed by atoms with Crippen molar-refractivity contribution in [1.29, 1.82) is 0 Å². The largest absolute Gasteiger partial charge is 0.356 e. The maximum absolute atomic E-state index is 4.58. The first-order valence-corrected chi connectivity index (χ1v) is 9.81. The molecule has 3 heterocycles. The molecule has 0 spiro atoms. The van der Waals surface area contributed by atoms with Crippen LogP contribution in [0.15, 0.2) is 22.8 Å². The number of hydrogen-bond acceptors (Lipinski definition) is 4. The van der Waals surface area contributed by atoms with Gasteiger partial charge in [0, 0.05) is 31.4 Å². The van der Waals surface area contributed by atoms with Gasteiger partial charge < -0.3 is 15.5 Å². The molecule has 1 fully saturated rings. The number of likely N-dealkylation sites (tertiary alicyclic amines) is 1.